The lowest BCUT2D eigenvalue weighted by molar-refractivity contribution is 1.02. The molecule has 0 bridgehead atoms. The highest BCUT2D eigenvalue weighted by atomic mass is 14.8. The summed E-state index contributed by atoms with van der Waals surface area (Å²) in [6.45, 7) is 4.21. The summed E-state index contributed by atoms with van der Waals surface area (Å²) in [7, 11) is 0. The minimum Gasteiger partial charge on any atom is -0.237 e. The van der Waals surface area contributed by atoms with Crippen LogP contribution in [0.25, 0.3) is 11.0 Å². The molecule has 0 fully saturated rings. The number of hydrogen-bond donors (Lipinski definition) is 0. The number of aromatic nitrogens is 2. The van der Waals surface area contributed by atoms with Crippen LogP contribution in [0.2, 0.25) is 0 Å². The third-order valence-electron chi connectivity index (χ3n) is 2.22. The maximum Gasteiger partial charge on any atom is 0.159 e. The van der Waals surface area contributed by atoms with Gasteiger partial charge in [-0.1, -0.05) is 6.92 Å². The second-order valence-corrected chi connectivity index (χ2v) is 3.16. The van der Waals surface area contributed by atoms with Gasteiger partial charge in [-0.05, 0) is 37.1 Å². The second-order valence-electron chi connectivity index (χ2n) is 3.16. The van der Waals surface area contributed by atoms with Gasteiger partial charge in [0.1, 0.15) is 0 Å². The van der Waals surface area contributed by atoms with Crippen molar-refractivity contribution < 1.29 is 0 Å². The Bertz CT molecular complexity index is 435. The van der Waals surface area contributed by atoms with Crippen LogP contribution in [0.3, 0.4) is 0 Å². The zero-order valence-electron chi connectivity index (χ0n) is 7.91. The van der Waals surface area contributed by atoms with Gasteiger partial charge in [-0.3, -0.25) is 0 Å². The molecule has 0 aromatic carbocycles. The van der Waals surface area contributed by atoms with Crippen LogP contribution in [0.15, 0.2) is 24.4 Å². The van der Waals surface area contributed by atoms with Crippen LogP contribution in [0.5, 0.6) is 0 Å². The molecule has 2 heteroatoms. The number of nitrogens with zero attached hydrogens (tertiary/aromatic N) is 2. The van der Waals surface area contributed by atoms with Crippen molar-refractivity contribution in [2.45, 2.75) is 20.3 Å². The largest absolute Gasteiger partial charge is 0.237 e. The van der Waals surface area contributed by atoms with Crippen LogP contribution in [-0.4, -0.2) is 9.97 Å². The molecule has 0 radical (unpaired) electrons. The van der Waals surface area contributed by atoms with Gasteiger partial charge in [0, 0.05) is 17.3 Å². The van der Waals surface area contributed by atoms with E-state index in [4.69, 9.17) is 0 Å². The van der Waals surface area contributed by atoms with E-state index in [9.17, 15) is 0 Å². The van der Waals surface area contributed by atoms with Gasteiger partial charge in [-0.25, -0.2) is 9.97 Å². The first-order chi connectivity index (χ1) is 6.31. The molecule has 0 atom stereocenters. The summed E-state index contributed by atoms with van der Waals surface area (Å²) >= 11 is 0. The number of rotatable bonds is 1. The zero-order valence-corrected chi connectivity index (χ0v) is 7.91. The van der Waals surface area contributed by atoms with Gasteiger partial charge in [0.2, 0.25) is 0 Å². The lowest BCUT2D eigenvalue weighted by Crippen LogP contribution is -1.93. The molecule has 2 heterocycles. The van der Waals surface area contributed by atoms with Crippen molar-refractivity contribution in [2.24, 2.45) is 0 Å². The molecule has 0 spiro atoms. The molecule has 0 unspecified atom stereocenters. The van der Waals surface area contributed by atoms with E-state index in [2.05, 4.69) is 29.9 Å². The molecular weight excluding hydrogens is 160 g/mol. The molecule has 13 heavy (non-hydrogen) atoms. The van der Waals surface area contributed by atoms with E-state index in [0.717, 1.165) is 23.1 Å². The Balaban J connectivity index is 2.74. The van der Waals surface area contributed by atoms with E-state index in [0.29, 0.717) is 0 Å². The van der Waals surface area contributed by atoms with Gasteiger partial charge in [0.15, 0.2) is 5.65 Å². The lowest BCUT2D eigenvalue weighted by Gasteiger charge is -2.03. The van der Waals surface area contributed by atoms with Crippen LogP contribution in [0.4, 0.5) is 0 Å². The van der Waals surface area contributed by atoms with Crippen molar-refractivity contribution in [3.8, 4) is 0 Å². The molecule has 0 saturated heterocycles. The first-order valence-electron chi connectivity index (χ1n) is 4.52. The minimum absolute atomic E-state index is 0.852. The van der Waals surface area contributed by atoms with E-state index < -0.39 is 0 Å². The van der Waals surface area contributed by atoms with Crippen LogP contribution < -0.4 is 0 Å². The summed E-state index contributed by atoms with van der Waals surface area (Å²) in [5.41, 5.74) is 3.25. The number of fused-ring (bicyclic) bond motifs is 1. The molecule has 2 nitrogen and oxygen atoms in total. The van der Waals surface area contributed by atoms with Gasteiger partial charge < -0.3 is 0 Å². The Labute approximate surface area is 77.6 Å². The Kier molecular flexibility index (Phi) is 1.97. The maximum absolute atomic E-state index is 4.48. The van der Waals surface area contributed by atoms with E-state index in [1.54, 1.807) is 6.20 Å². The fraction of sp³-hybridized carbons (Fsp3) is 0.273. The molecule has 0 N–H and O–H groups in total. The van der Waals surface area contributed by atoms with Crippen molar-refractivity contribution in [3.05, 3.63) is 35.7 Å². The summed E-state index contributed by atoms with van der Waals surface area (Å²) < 4.78 is 0. The van der Waals surface area contributed by atoms with E-state index in [1.165, 1.54) is 5.56 Å². The molecule has 2 aromatic heterocycles. The molecule has 0 aliphatic carbocycles. The van der Waals surface area contributed by atoms with Gasteiger partial charge in [-0.15, -0.1) is 0 Å². The van der Waals surface area contributed by atoms with Crippen molar-refractivity contribution in [2.75, 3.05) is 0 Å². The Hall–Kier alpha value is -1.44. The SMILES string of the molecule is CCc1nc2ncccc2cc1C. The first-order valence-corrected chi connectivity index (χ1v) is 4.52. The van der Waals surface area contributed by atoms with Crippen molar-refractivity contribution in [1.29, 1.82) is 0 Å². The van der Waals surface area contributed by atoms with Crippen molar-refractivity contribution >= 4 is 11.0 Å². The quantitative estimate of drug-likeness (QED) is 0.660. The number of hydrogen-bond acceptors (Lipinski definition) is 2. The van der Waals surface area contributed by atoms with E-state index in [1.807, 2.05) is 12.1 Å². The summed E-state index contributed by atoms with van der Waals surface area (Å²) in [4.78, 5) is 8.70. The molecular formula is C11H12N2. The Morgan fingerprint density at radius 2 is 2.23 bits per heavy atom. The number of pyridine rings is 2. The summed E-state index contributed by atoms with van der Waals surface area (Å²) in [6, 6.07) is 6.13. The first kappa shape index (κ1) is 8.17. The molecule has 66 valence electrons. The summed E-state index contributed by atoms with van der Waals surface area (Å²) in [5.74, 6) is 0. The molecule has 0 saturated carbocycles. The topological polar surface area (TPSA) is 25.8 Å². The van der Waals surface area contributed by atoms with Crippen molar-refractivity contribution in [3.63, 3.8) is 0 Å². The molecule has 2 rings (SSSR count). The molecule has 0 aliphatic heterocycles. The Morgan fingerprint density at radius 3 is 3.00 bits per heavy atom. The molecule has 0 amide bonds. The van der Waals surface area contributed by atoms with E-state index in [-0.39, 0.29) is 0 Å². The van der Waals surface area contributed by atoms with Crippen LogP contribution >= 0.6 is 0 Å². The Morgan fingerprint density at radius 1 is 1.38 bits per heavy atom. The van der Waals surface area contributed by atoms with Gasteiger partial charge in [0.25, 0.3) is 0 Å². The minimum atomic E-state index is 0.852. The normalized spacial score (nSPS) is 10.6. The predicted molar refractivity (Wildman–Crippen MR) is 53.7 cm³/mol. The average molecular weight is 172 g/mol. The van der Waals surface area contributed by atoms with E-state index >= 15 is 0 Å². The highest BCUT2D eigenvalue weighted by Gasteiger charge is 2.00. The molecule has 2 aromatic rings. The second kappa shape index (κ2) is 3.13. The van der Waals surface area contributed by atoms with Gasteiger partial charge in [0.05, 0.1) is 0 Å². The zero-order chi connectivity index (χ0) is 9.26. The standard InChI is InChI=1S/C11H12N2/c1-3-10-8(2)7-9-5-4-6-12-11(9)13-10/h4-7H,3H2,1-2H3. The van der Waals surface area contributed by atoms with Gasteiger partial charge in [-0.2, -0.15) is 0 Å². The fourth-order valence-electron chi connectivity index (χ4n) is 1.51. The van der Waals surface area contributed by atoms with Gasteiger partial charge >= 0.3 is 0 Å². The van der Waals surface area contributed by atoms with Crippen molar-refractivity contribution in [1.82, 2.24) is 9.97 Å². The monoisotopic (exact) mass is 172 g/mol. The molecule has 0 aliphatic rings. The average Bonchev–Trinajstić information content (AvgIpc) is 2.17. The maximum atomic E-state index is 4.48. The smallest absolute Gasteiger partial charge is 0.159 e. The van der Waals surface area contributed by atoms with Crippen LogP contribution in [0, 0.1) is 6.92 Å². The summed E-state index contributed by atoms with van der Waals surface area (Å²) in [6.07, 6.45) is 2.75. The van der Waals surface area contributed by atoms with Crippen LogP contribution in [-0.2, 0) is 6.42 Å². The third kappa shape index (κ3) is 1.39. The lowest BCUT2D eigenvalue weighted by atomic mass is 10.1. The number of aryl methyl sites for hydroxylation is 2. The summed E-state index contributed by atoms with van der Waals surface area (Å²) in [5, 5.41) is 1.12. The third-order valence-corrected chi connectivity index (χ3v) is 2.22. The highest BCUT2D eigenvalue weighted by Crippen LogP contribution is 2.13. The fourth-order valence-corrected chi connectivity index (χ4v) is 1.51. The van der Waals surface area contributed by atoms with Crippen LogP contribution in [0.1, 0.15) is 18.2 Å². The predicted octanol–water partition coefficient (Wildman–Crippen LogP) is 2.50. The highest BCUT2D eigenvalue weighted by molar-refractivity contribution is 5.75.